The molecule has 0 saturated heterocycles. The van der Waals surface area contributed by atoms with Gasteiger partial charge in [0.2, 0.25) is 10.0 Å². The molecule has 0 aliphatic rings. The number of nitrogens with one attached hydrogen (secondary N) is 2. The molecule has 0 radical (unpaired) electrons. The van der Waals surface area contributed by atoms with Crippen molar-refractivity contribution in [1.29, 1.82) is 0 Å². The number of aromatic nitrogens is 4. The van der Waals surface area contributed by atoms with Crippen molar-refractivity contribution < 1.29 is 36.2 Å². The number of methoxy groups -OCH3 is 1. The zero-order valence-electron chi connectivity index (χ0n) is 27.1. The molecule has 0 spiro atoms. The van der Waals surface area contributed by atoms with Crippen molar-refractivity contribution >= 4 is 66.9 Å². The maximum absolute atomic E-state index is 14.7. The van der Waals surface area contributed by atoms with Gasteiger partial charge in [-0.25, -0.2) is 31.4 Å². The summed E-state index contributed by atoms with van der Waals surface area (Å²) in [6, 6.07) is 12.9. The molecular weight excluding hydrogens is 748 g/mol. The zero-order valence-corrected chi connectivity index (χ0v) is 29.5. The summed E-state index contributed by atoms with van der Waals surface area (Å²) in [6.45, 7) is 0. The molecule has 52 heavy (non-hydrogen) atoms. The van der Waals surface area contributed by atoms with E-state index in [-0.39, 0.29) is 61.9 Å². The van der Waals surface area contributed by atoms with Crippen LogP contribution in [0.15, 0.2) is 71.5 Å². The third kappa shape index (κ3) is 7.35. The number of carbonyl (C=O) groups is 1. The summed E-state index contributed by atoms with van der Waals surface area (Å²) >= 11 is 12.9. The van der Waals surface area contributed by atoms with Gasteiger partial charge in [-0.15, -0.1) is 0 Å². The van der Waals surface area contributed by atoms with Gasteiger partial charge in [0.25, 0.3) is 5.56 Å². The number of aryl methyl sites for hydroxylation is 2. The van der Waals surface area contributed by atoms with Crippen molar-refractivity contribution in [2.45, 2.75) is 18.9 Å². The lowest BCUT2D eigenvalue weighted by atomic mass is 10.0. The number of ether oxygens (including phenoxy) is 1. The molecule has 1 atom stereocenters. The third-order valence-electron chi connectivity index (χ3n) is 8.15. The van der Waals surface area contributed by atoms with Gasteiger partial charge in [0.1, 0.15) is 29.0 Å². The molecule has 0 unspecified atom stereocenters. The van der Waals surface area contributed by atoms with Gasteiger partial charge >= 0.3 is 6.09 Å². The van der Waals surface area contributed by atoms with Crippen LogP contribution in [0.4, 0.5) is 23.8 Å². The fraction of sp³-hybridized carbons (Fsp3) is 0.176. The first-order valence-electron chi connectivity index (χ1n) is 15.3. The Morgan fingerprint density at radius 2 is 1.67 bits per heavy atom. The lowest BCUT2D eigenvalue weighted by Gasteiger charge is -2.23. The molecule has 0 bridgehead atoms. The average molecular weight is 776 g/mol. The van der Waals surface area contributed by atoms with E-state index in [1.807, 2.05) is 0 Å². The number of benzene rings is 4. The predicted octanol–water partition coefficient (Wildman–Crippen LogP) is 6.54. The van der Waals surface area contributed by atoms with Crippen molar-refractivity contribution in [3.8, 4) is 11.4 Å². The molecule has 4 aromatic carbocycles. The molecule has 6 aromatic rings. The average Bonchev–Trinajstić information content (AvgIpc) is 3.40. The number of hydrogen-bond acceptors (Lipinski definition) is 7. The normalized spacial score (nSPS) is 12.3. The van der Waals surface area contributed by atoms with E-state index in [2.05, 4.69) is 20.1 Å². The summed E-state index contributed by atoms with van der Waals surface area (Å²) in [4.78, 5) is 31.0. The van der Waals surface area contributed by atoms with Gasteiger partial charge in [0, 0.05) is 19.5 Å². The Bertz CT molecular complexity index is 2530. The Kier molecular flexibility index (Phi) is 10.1. The number of hydrogen-bond donors (Lipinski definition) is 3. The number of nitrogens with zero attached hydrogens (tertiary/aromatic N) is 4. The maximum Gasteiger partial charge on any atom is 0.405 e. The Morgan fingerprint density at radius 1 is 0.981 bits per heavy atom. The Labute approximate surface area is 303 Å². The van der Waals surface area contributed by atoms with Crippen LogP contribution in [-0.4, -0.2) is 51.8 Å². The van der Waals surface area contributed by atoms with E-state index in [0.717, 1.165) is 28.3 Å². The summed E-state index contributed by atoms with van der Waals surface area (Å²) < 4.78 is 79.5. The molecule has 6 rings (SSSR count). The smallest absolute Gasteiger partial charge is 0.405 e. The number of halogens is 5. The van der Waals surface area contributed by atoms with Crippen LogP contribution in [0.1, 0.15) is 23.0 Å². The van der Waals surface area contributed by atoms with Gasteiger partial charge in [-0.2, -0.15) is 5.10 Å². The van der Waals surface area contributed by atoms with E-state index >= 15 is 0 Å². The maximum atomic E-state index is 14.7. The number of fused-ring (bicyclic) bond motifs is 2. The summed E-state index contributed by atoms with van der Waals surface area (Å²) in [5.74, 6) is -2.97. The van der Waals surface area contributed by atoms with Gasteiger partial charge in [0.05, 0.1) is 56.4 Å². The van der Waals surface area contributed by atoms with E-state index in [9.17, 15) is 36.3 Å². The van der Waals surface area contributed by atoms with Crippen LogP contribution in [0.5, 0.6) is 5.75 Å². The third-order valence-corrected chi connectivity index (χ3v) is 10.1. The van der Waals surface area contributed by atoms with Gasteiger partial charge in [0.15, 0.2) is 5.82 Å². The van der Waals surface area contributed by atoms with Gasteiger partial charge in [-0.1, -0.05) is 35.3 Å². The number of carboxylic acid groups (broad SMARTS) is 1. The minimum Gasteiger partial charge on any atom is -0.497 e. The topological polar surface area (TPSA) is 157 Å². The molecule has 270 valence electrons. The standard InChI is InChI=1S/C34H27Cl2F3N6O6S/c1-44-30-26(10-7-22(35)27(30)31(42-44)43-52(49,50)12-11-17-3-5-21(51-2)6-4-17)45-32(40-24-9-8-23(39)29(36)28(24)33(45)46)25(41-34(47)48)15-18-13-19(37)16-20(38)14-18/h3-10,13-14,16,25,41H,11-12,15H2,1-2H3,(H,42,43)(H,47,48)/t25-/m0/s1. The van der Waals surface area contributed by atoms with Crippen molar-refractivity contribution in [3.63, 3.8) is 0 Å². The van der Waals surface area contributed by atoms with Gasteiger partial charge in [-0.3, -0.25) is 18.8 Å². The van der Waals surface area contributed by atoms with Gasteiger partial charge in [-0.05, 0) is 66.1 Å². The molecule has 2 aromatic heterocycles. The molecular formula is C34H27Cl2F3N6O6S. The minimum absolute atomic E-state index is 0.0161. The summed E-state index contributed by atoms with van der Waals surface area (Å²) in [5.41, 5.74) is -0.251. The molecule has 0 fully saturated rings. The lowest BCUT2D eigenvalue weighted by Crippen LogP contribution is -2.35. The van der Waals surface area contributed by atoms with Crippen LogP contribution in [0.25, 0.3) is 27.5 Å². The van der Waals surface area contributed by atoms with Crippen LogP contribution >= 0.6 is 23.2 Å². The summed E-state index contributed by atoms with van der Waals surface area (Å²) in [6.07, 6.45) is -1.81. The second kappa shape index (κ2) is 14.4. The molecule has 1 amide bonds. The lowest BCUT2D eigenvalue weighted by molar-refractivity contribution is 0.189. The number of rotatable bonds is 11. The Morgan fingerprint density at radius 3 is 2.33 bits per heavy atom. The van der Waals surface area contributed by atoms with Crippen molar-refractivity contribution in [2.75, 3.05) is 17.6 Å². The quantitative estimate of drug-likeness (QED) is 0.134. The SMILES string of the molecule is COc1ccc(CCS(=O)(=O)Nc2nn(C)c3c(-n4c([C@H](Cc5cc(F)cc(F)c5)NC(=O)O)nc5ccc(F)c(Cl)c5c4=O)ccc(Cl)c23)cc1. The Balaban J connectivity index is 1.52. The van der Waals surface area contributed by atoms with Crippen LogP contribution in [0, 0.1) is 17.5 Å². The first-order valence-corrected chi connectivity index (χ1v) is 17.7. The predicted molar refractivity (Wildman–Crippen MR) is 190 cm³/mol. The van der Waals surface area contributed by atoms with Crippen LogP contribution in [0.3, 0.4) is 0 Å². The first-order chi connectivity index (χ1) is 24.6. The number of sulfonamides is 1. The van der Waals surface area contributed by atoms with E-state index < -0.39 is 56.6 Å². The van der Waals surface area contributed by atoms with Crippen molar-refractivity contribution in [1.82, 2.24) is 24.6 Å². The minimum atomic E-state index is -4.04. The van der Waals surface area contributed by atoms with E-state index in [1.54, 1.807) is 24.3 Å². The highest BCUT2D eigenvalue weighted by Gasteiger charge is 2.28. The highest BCUT2D eigenvalue weighted by molar-refractivity contribution is 7.92. The molecule has 12 nitrogen and oxygen atoms in total. The molecule has 0 saturated carbocycles. The van der Waals surface area contributed by atoms with Crippen LogP contribution < -0.4 is 20.3 Å². The first kappa shape index (κ1) is 36.5. The highest BCUT2D eigenvalue weighted by Crippen LogP contribution is 2.36. The van der Waals surface area contributed by atoms with E-state index in [0.29, 0.717) is 11.8 Å². The Hall–Kier alpha value is -5.32. The number of anilines is 1. The monoisotopic (exact) mass is 774 g/mol. The van der Waals surface area contributed by atoms with Crippen LogP contribution in [0.2, 0.25) is 10.0 Å². The van der Waals surface area contributed by atoms with Crippen molar-refractivity contribution in [2.24, 2.45) is 7.05 Å². The highest BCUT2D eigenvalue weighted by atomic mass is 35.5. The fourth-order valence-electron chi connectivity index (χ4n) is 5.87. The van der Waals surface area contributed by atoms with E-state index in [1.165, 1.54) is 37.0 Å². The molecule has 18 heteroatoms. The second-order valence-electron chi connectivity index (χ2n) is 11.6. The largest absolute Gasteiger partial charge is 0.497 e. The van der Waals surface area contributed by atoms with Crippen molar-refractivity contribution in [3.05, 3.63) is 122 Å². The summed E-state index contributed by atoms with van der Waals surface area (Å²) in [7, 11) is -1.07. The zero-order chi connectivity index (χ0) is 37.5. The molecule has 2 heterocycles. The summed E-state index contributed by atoms with van der Waals surface area (Å²) in [5, 5.41) is 15.6. The number of amides is 1. The molecule has 0 aliphatic carbocycles. The fourth-order valence-corrected chi connectivity index (χ4v) is 7.39. The van der Waals surface area contributed by atoms with E-state index in [4.69, 9.17) is 27.9 Å². The molecule has 0 aliphatic heterocycles. The second-order valence-corrected chi connectivity index (χ2v) is 14.3. The van der Waals surface area contributed by atoms with Crippen LogP contribution in [-0.2, 0) is 29.9 Å². The van der Waals surface area contributed by atoms with Gasteiger partial charge < -0.3 is 15.2 Å². The molecule has 3 N–H and O–H groups in total.